The van der Waals surface area contributed by atoms with Gasteiger partial charge in [0.05, 0.1) is 9.67 Å². The number of rotatable bonds is 4. The van der Waals surface area contributed by atoms with Crippen molar-refractivity contribution in [1.82, 2.24) is 9.97 Å². The molecule has 2 heterocycles. The molecule has 1 N–H and O–H groups in total. The monoisotopic (exact) mass is 319 g/mol. The van der Waals surface area contributed by atoms with Crippen molar-refractivity contribution in [2.24, 2.45) is 0 Å². The molecule has 5 heteroatoms. The van der Waals surface area contributed by atoms with E-state index in [1.54, 1.807) is 6.33 Å². The Morgan fingerprint density at radius 2 is 2.53 bits per heavy atom. The fourth-order valence-corrected chi connectivity index (χ4v) is 2.16. The highest BCUT2D eigenvalue weighted by atomic mass is 127. The van der Waals surface area contributed by atoms with Crippen molar-refractivity contribution in [3.05, 3.63) is 16.1 Å². The van der Waals surface area contributed by atoms with Crippen LogP contribution in [0.3, 0.4) is 0 Å². The number of nitrogens with zero attached hydrogens (tertiary/aromatic N) is 2. The first-order valence-electron chi connectivity index (χ1n) is 5.17. The molecule has 0 amide bonds. The molecule has 0 saturated carbocycles. The maximum absolute atomic E-state index is 5.55. The molecular formula is C10H14IN3O. The van der Waals surface area contributed by atoms with Crippen LogP contribution in [0.15, 0.2) is 12.5 Å². The van der Waals surface area contributed by atoms with Crippen LogP contribution in [0.2, 0.25) is 0 Å². The molecule has 0 spiro atoms. The van der Waals surface area contributed by atoms with Crippen molar-refractivity contribution in [2.45, 2.75) is 25.4 Å². The highest BCUT2D eigenvalue weighted by Crippen LogP contribution is 2.16. The van der Waals surface area contributed by atoms with Gasteiger partial charge in [0.15, 0.2) is 0 Å². The average Bonchev–Trinajstić information content (AvgIpc) is 2.74. The van der Waals surface area contributed by atoms with E-state index in [1.165, 1.54) is 12.8 Å². The molecule has 15 heavy (non-hydrogen) atoms. The summed E-state index contributed by atoms with van der Waals surface area (Å²) in [6, 6.07) is 0. The first-order chi connectivity index (χ1) is 7.36. The average molecular weight is 319 g/mol. The predicted octanol–water partition coefficient (Wildman–Crippen LogP) is 2.06. The Morgan fingerprint density at radius 3 is 3.27 bits per heavy atom. The zero-order valence-corrected chi connectivity index (χ0v) is 10.6. The SMILES string of the molecule is Ic1cncnc1NCCC1CCCO1. The van der Waals surface area contributed by atoms with E-state index >= 15 is 0 Å². The van der Waals surface area contributed by atoms with Crippen LogP contribution in [0.1, 0.15) is 19.3 Å². The minimum atomic E-state index is 0.442. The zero-order valence-electron chi connectivity index (χ0n) is 8.45. The summed E-state index contributed by atoms with van der Waals surface area (Å²) in [4.78, 5) is 8.12. The Labute approximate surface area is 103 Å². The van der Waals surface area contributed by atoms with Crippen LogP contribution in [0, 0.1) is 3.57 Å². The summed E-state index contributed by atoms with van der Waals surface area (Å²) >= 11 is 2.23. The molecule has 1 aromatic heterocycles. The molecule has 1 aliphatic rings. The van der Waals surface area contributed by atoms with Gasteiger partial charge < -0.3 is 10.1 Å². The number of halogens is 1. The van der Waals surface area contributed by atoms with Crippen LogP contribution in [-0.2, 0) is 4.74 Å². The summed E-state index contributed by atoms with van der Waals surface area (Å²) in [5.41, 5.74) is 0. The zero-order chi connectivity index (χ0) is 10.5. The lowest BCUT2D eigenvalue weighted by Crippen LogP contribution is -2.13. The Balaban J connectivity index is 1.75. The van der Waals surface area contributed by atoms with Gasteiger partial charge in [0.1, 0.15) is 12.1 Å². The molecule has 1 fully saturated rings. The van der Waals surface area contributed by atoms with Crippen LogP contribution >= 0.6 is 22.6 Å². The molecule has 2 rings (SSSR count). The molecule has 4 nitrogen and oxygen atoms in total. The van der Waals surface area contributed by atoms with Crippen molar-refractivity contribution >= 4 is 28.4 Å². The quantitative estimate of drug-likeness (QED) is 0.863. The van der Waals surface area contributed by atoms with E-state index in [1.807, 2.05) is 6.20 Å². The second kappa shape index (κ2) is 5.60. The highest BCUT2D eigenvalue weighted by Gasteiger charge is 2.14. The highest BCUT2D eigenvalue weighted by molar-refractivity contribution is 14.1. The molecule has 1 atom stereocenters. The predicted molar refractivity (Wildman–Crippen MR) is 66.8 cm³/mol. The van der Waals surface area contributed by atoms with Gasteiger partial charge in [-0.2, -0.15) is 0 Å². The molecule has 0 aromatic carbocycles. The first kappa shape index (κ1) is 11.1. The second-order valence-electron chi connectivity index (χ2n) is 3.57. The third kappa shape index (κ3) is 3.27. The molecule has 1 aliphatic heterocycles. The molecule has 1 unspecified atom stereocenters. The fraction of sp³-hybridized carbons (Fsp3) is 0.600. The molecule has 0 radical (unpaired) electrons. The molecule has 82 valence electrons. The van der Waals surface area contributed by atoms with E-state index in [2.05, 4.69) is 37.9 Å². The number of ether oxygens (including phenoxy) is 1. The summed E-state index contributed by atoms with van der Waals surface area (Å²) < 4.78 is 6.60. The third-order valence-electron chi connectivity index (χ3n) is 2.45. The Hall–Kier alpha value is -0.430. The van der Waals surface area contributed by atoms with E-state index in [-0.39, 0.29) is 0 Å². The smallest absolute Gasteiger partial charge is 0.142 e. The summed E-state index contributed by atoms with van der Waals surface area (Å²) in [5.74, 6) is 0.920. The molecule has 1 aromatic rings. The molecular weight excluding hydrogens is 305 g/mol. The lowest BCUT2D eigenvalue weighted by atomic mass is 10.2. The Bertz CT molecular complexity index is 315. The number of hydrogen-bond donors (Lipinski definition) is 1. The van der Waals surface area contributed by atoms with E-state index in [0.29, 0.717) is 6.10 Å². The van der Waals surface area contributed by atoms with E-state index in [0.717, 1.165) is 29.0 Å². The van der Waals surface area contributed by atoms with Gasteiger partial charge in [-0.15, -0.1) is 0 Å². The van der Waals surface area contributed by atoms with Crippen molar-refractivity contribution in [3.63, 3.8) is 0 Å². The lowest BCUT2D eigenvalue weighted by Gasteiger charge is -2.10. The Kier molecular flexibility index (Phi) is 4.13. The lowest BCUT2D eigenvalue weighted by molar-refractivity contribution is 0.107. The first-order valence-corrected chi connectivity index (χ1v) is 6.25. The topological polar surface area (TPSA) is 47.0 Å². The van der Waals surface area contributed by atoms with Crippen molar-refractivity contribution in [2.75, 3.05) is 18.5 Å². The fourth-order valence-electron chi connectivity index (χ4n) is 1.67. The summed E-state index contributed by atoms with van der Waals surface area (Å²) in [6.07, 6.45) is 7.27. The van der Waals surface area contributed by atoms with Crippen LogP contribution in [-0.4, -0.2) is 29.2 Å². The van der Waals surface area contributed by atoms with Crippen molar-refractivity contribution in [3.8, 4) is 0 Å². The maximum atomic E-state index is 5.55. The van der Waals surface area contributed by atoms with Gasteiger partial charge in [0.2, 0.25) is 0 Å². The number of aromatic nitrogens is 2. The standard InChI is InChI=1S/C10H14IN3O/c11-9-6-12-7-14-10(9)13-4-3-8-2-1-5-15-8/h6-8H,1-5H2,(H,12,13,14). The number of anilines is 1. The van der Waals surface area contributed by atoms with Gasteiger partial charge in [-0.05, 0) is 41.9 Å². The van der Waals surface area contributed by atoms with Gasteiger partial charge in [0.25, 0.3) is 0 Å². The van der Waals surface area contributed by atoms with Gasteiger partial charge in [-0.3, -0.25) is 0 Å². The van der Waals surface area contributed by atoms with Crippen LogP contribution in [0.4, 0.5) is 5.82 Å². The molecule has 1 saturated heterocycles. The summed E-state index contributed by atoms with van der Waals surface area (Å²) in [6.45, 7) is 1.84. The molecule has 0 aliphatic carbocycles. The largest absolute Gasteiger partial charge is 0.378 e. The minimum Gasteiger partial charge on any atom is -0.378 e. The van der Waals surface area contributed by atoms with Crippen LogP contribution in [0.25, 0.3) is 0 Å². The number of hydrogen-bond acceptors (Lipinski definition) is 4. The van der Waals surface area contributed by atoms with E-state index < -0.39 is 0 Å². The molecule has 0 bridgehead atoms. The summed E-state index contributed by atoms with van der Waals surface area (Å²) in [7, 11) is 0. The van der Waals surface area contributed by atoms with E-state index in [4.69, 9.17) is 4.74 Å². The third-order valence-corrected chi connectivity index (χ3v) is 3.24. The van der Waals surface area contributed by atoms with Crippen LogP contribution < -0.4 is 5.32 Å². The van der Waals surface area contributed by atoms with Crippen molar-refractivity contribution in [1.29, 1.82) is 0 Å². The van der Waals surface area contributed by atoms with Gasteiger partial charge >= 0.3 is 0 Å². The summed E-state index contributed by atoms with van der Waals surface area (Å²) in [5, 5.41) is 3.30. The second-order valence-corrected chi connectivity index (χ2v) is 4.73. The van der Waals surface area contributed by atoms with Gasteiger partial charge in [-0.25, -0.2) is 9.97 Å². The normalized spacial score (nSPS) is 20.5. The van der Waals surface area contributed by atoms with E-state index in [9.17, 15) is 0 Å². The van der Waals surface area contributed by atoms with Gasteiger partial charge in [0, 0.05) is 19.3 Å². The Morgan fingerprint density at radius 1 is 1.60 bits per heavy atom. The maximum Gasteiger partial charge on any atom is 0.142 e. The van der Waals surface area contributed by atoms with Gasteiger partial charge in [-0.1, -0.05) is 0 Å². The minimum absolute atomic E-state index is 0.442. The van der Waals surface area contributed by atoms with Crippen LogP contribution in [0.5, 0.6) is 0 Å². The number of nitrogens with one attached hydrogen (secondary N) is 1. The van der Waals surface area contributed by atoms with Crippen molar-refractivity contribution < 1.29 is 4.74 Å².